The first-order valence-corrected chi connectivity index (χ1v) is 4.80. The lowest BCUT2D eigenvalue weighted by atomic mass is 10.3. The van der Waals surface area contributed by atoms with Crippen molar-refractivity contribution in [2.24, 2.45) is 0 Å². The van der Waals surface area contributed by atoms with Crippen LogP contribution in [0.5, 0.6) is 0 Å². The molecule has 5 heteroatoms. The van der Waals surface area contributed by atoms with Crippen LogP contribution in [0.1, 0.15) is 17.0 Å². The Labute approximate surface area is 92.7 Å². The number of nitriles is 1. The first kappa shape index (κ1) is 10.2. The van der Waals surface area contributed by atoms with Crippen LogP contribution in [-0.2, 0) is 6.54 Å². The van der Waals surface area contributed by atoms with Gasteiger partial charge in [-0.2, -0.15) is 5.26 Å². The zero-order valence-electron chi connectivity index (χ0n) is 8.77. The largest absolute Gasteiger partial charge is 0.364 e. The van der Waals surface area contributed by atoms with Gasteiger partial charge in [0.05, 0.1) is 12.1 Å². The maximum absolute atomic E-state index is 8.61. The Bertz CT molecular complexity index is 510. The Morgan fingerprint density at radius 1 is 1.50 bits per heavy atom. The molecule has 2 aromatic heterocycles. The lowest BCUT2D eigenvalue weighted by Gasteiger charge is -2.01. The van der Waals surface area contributed by atoms with Crippen LogP contribution in [0.15, 0.2) is 28.9 Å². The molecule has 2 heterocycles. The van der Waals surface area contributed by atoms with Gasteiger partial charge in [0.25, 0.3) is 0 Å². The molecule has 0 bridgehead atoms. The van der Waals surface area contributed by atoms with Crippen LogP contribution in [-0.4, -0.2) is 10.1 Å². The molecule has 2 aromatic rings. The summed E-state index contributed by atoms with van der Waals surface area (Å²) in [5, 5.41) is 15.5. The lowest BCUT2D eigenvalue weighted by molar-refractivity contribution is 0.391. The minimum absolute atomic E-state index is 0.544. The second kappa shape index (κ2) is 4.45. The third kappa shape index (κ3) is 2.36. The van der Waals surface area contributed by atoms with Gasteiger partial charge < -0.3 is 9.84 Å². The monoisotopic (exact) mass is 214 g/mol. The van der Waals surface area contributed by atoms with Gasteiger partial charge in [-0.15, -0.1) is 0 Å². The van der Waals surface area contributed by atoms with Crippen molar-refractivity contribution in [3.8, 4) is 6.07 Å². The molecule has 0 saturated carbocycles. The summed E-state index contributed by atoms with van der Waals surface area (Å²) >= 11 is 0. The zero-order chi connectivity index (χ0) is 11.4. The van der Waals surface area contributed by atoms with E-state index in [0.717, 1.165) is 11.5 Å². The van der Waals surface area contributed by atoms with E-state index in [2.05, 4.69) is 15.5 Å². The van der Waals surface area contributed by atoms with Crippen LogP contribution >= 0.6 is 0 Å². The number of nitrogens with one attached hydrogen (secondary N) is 1. The van der Waals surface area contributed by atoms with Crippen LogP contribution < -0.4 is 5.32 Å². The van der Waals surface area contributed by atoms with E-state index in [1.165, 1.54) is 6.20 Å². The SMILES string of the molecule is Cc1cc(CNc2ccc(C#N)cn2)no1. The molecule has 16 heavy (non-hydrogen) atoms. The predicted octanol–water partition coefficient (Wildman–Crippen LogP) is 1.86. The molecule has 1 N–H and O–H groups in total. The van der Waals surface area contributed by atoms with E-state index in [4.69, 9.17) is 9.78 Å². The number of rotatable bonds is 3. The Morgan fingerprint density at radius 3 is 2.94 bits per heavy atom. The fraction of sp³-hybridized carbons (Fsp3) is 0.182. The van der Waals surface area contributed by atoms with Crippen LogP contribution in [0, 0.1) is 18.3 Å². The third-order valence-electron chi connectivity index (χ3n) is 2.02. The zero-order valence-corrected chi connectivity index (χ0v) is 8.77. The molecule has 0 aromatic carbocycles. The number of pyridine rings is 1. The van der Waals surface area contributed by atoms with Crippen molar-refractivity contribution in [2.75, 3.05) is 5.32 Å². The van der Waals surface area contributed by atoms with Crippen LogP contribution in [0.4, 0.5) is 5.82 Å². The molecule has 80 valence electrons. The second-order valence-corrected chi connectivity index (χ2v) is 3.33. The van der Waals surface area contributed by atoms with E-state index >= 15 is 0 Å². The van der Waals surface area contributed by atoms with Gasteiger partial charge in [0.15, 0.2) is 0 Å². The van der Waals surface area contributed by atoms with Crippen molar-refractivity contribution in [2.45, 2.75) is 13.5 Å². The van der Waals surface area contributed by atoms with Gasteiger partial charge in [-0.1, -0.05) is 5.16 Å². The van der Waals surface area contributed by atoms with Crippen molar-refractivity contribution >= 4 is 5.82 Å². The summed E-state index contributed by atoms with van der Waals surface area (Å²) in [6, 6.07) is 7.34. The van der Waals surface area contributed by atoms with E-state index in [-0.39, 0.29) is 0 Å². The summed E-state index contributed by atoms with van der Waals surface area (Å²) in [6.45, 7) is 2.40. The van der Waals surface area contributed by atoms with Crippen molar-refractivity contribution < 1.29 is 4.52 Å². The minimum atomic E-state index is 0.544. The number of aromatic nitrogens is 2. The molecular weight excluding hydrogens is 204 g/mol. The highest BCUT2D eigenvalue weighted by molar-refractivity contribution is 5.39. The summed E-state index contributed by atoms with van der Waals surface area (Å²) in [6.07, 6.45) is 1.52. The van der Waals surface area contributed by atoms with Crippen LogP contribution in [0.2, 0.25) is 0 Å². The lowest BCUT2D eigenvalue weighted by Crippen LogP contribution is -2.01. The van der Waals surface area contributed by atoms with Gasteiger partial charge in [-0.3, -0.25) is 0 Å². The molecule has 0 atom stereocenters. The van der Waals surface area contributed by atoms with Gasteiger partial charge in [0.1, 0.15) is 23.3 Å². The first-order valence-electron chi connectivity index (χ1n) is 4.80. The molecule has 0 fully saturated rings. The molecule has 0 spiro atoms. The van der Waals surface area contributed by atoms with Crippen molar-refractivity contribution in [3.05, 3.63) is 41.4 Å². The predicted molar refractivity (Wildman–Crippen MR) is 57.5 cm³/mol. The molecule has 0 unspecified atom stereocenters. The Kier molecular flexibility index (Phi) is 2.83. The topological polar surface area (TPSA) is 74.7 Å². The Hall–Kier alpha value is -2.35. The Morgan fingerprint density at radius 2 is 2.38 bits per heavy atom. The summed E-state index contributed by atoms with van der Waals surface area (Å²) in [4.78, 5) is 4.08. The molecule has 0 aliphatic rings. The van der Waals surface area contributed by atoms with E-state index in [1.54, 1.807) is 12.1 Å². The maximum Gasteiger partial charge on any atom is 0.133 e. The molecule has 0 aliphatic carbocycles. The first-order chi connectivity index (χ1) is 7.78. The fourth-order valence-electron chi connectivity index (χ4n) is 1.25. The molecule has 0 amide bonds. The average Bonchev–Trinajstić information content (AvgIpc) is 2.73. The molecule has 0 radical (unpaired) electrons. The van der Waals surface area contributed by atoms with Gasteiger partial charge in [0.2, 0.25) is 0 Å². The van der Waals surface area contributed by atoms with Crippen molar-refractivity contribution in [3.63, 3.8) is 0 Å². The molecular formula is C11H10N4O. The van der Waals surface area contributed by atoms with Crippen LogP contribution in [0.3, 0.4) is 0 Å². The molecule has 5 nitrogen and oxygen atoms in total. The highest BCUT2D eigenvalue weighted by Gasteiger charge is 2.00. The number of nitrogens with zero attached hydrogens (tertiary/aromatic N) is 3. The summed E-state index contributed by atoms with van der Waals surface area (Å²) in [5.41, 5.74) is 1.37. The number of hydrogen-bond acceptors (Lipinski definition) is 5. The Balaban J connectivity index is 1.97. The molecule has 0 saturated heterocycles. The number of hydrogen-bond donors (Lipinski definition) is 1. The third-order valence-corrected chi connectivity index (χ3v) is 2.02. The minimum Gasteiger partial charge on any atom is -0.364 e. The fourth-order valence-corrected chi connectivity index (χ4v) is 1.25. The normalized spacial score (nSPS) is 9.75. The van der Waals surface area contributed by atoms with E-state index in [1.807, 2.05) is 19.1 Å². The van der Waals surface area contributed by atoms with Crippen molar-refractivity contribution in [1.82, 2.24) is 10.1 Å². The number of anilines is 1. The van der Waals surface area contributed by atoms with Gasteiger partial charge in [-0.05, 0) is 19.1 Å². The van der Waals surface area contributed by atoms with Gasteiger partial charge in [-0.25, -0.2) is 4.98 Å². The number of aryl methyl sites for hydroxylation is 1. The van der Waals surface area contributed by atoms with E-state index in [0.29, 0.717) is 17.9 Å². The van der Waals surface area contributed by atoms with Gasteiger partial charge in [0, 0.05) is 12.3 Å². The summed E-state index contributed by atoms with van der Waals surface area (Å²) in [5.74, 6) is 1.49. The highest BCUT2D eigenvalue weighted by atomic mass is 16.5. The van der Waals surface area contributed by atoms with E-state index in [9.17, 15) is 0 Å². The maximum atomic E-state index is 8.61. The highest BCUT2D eigenvalue weighted by Crippen LogP contribution is 2.07. The second-order valence-electron chi connectivity index (χ2n) is 3.33. The van der Waals surface area contributed by atoms with Crippen molar-refractivity contribution in [1.29, 1.82) is 5.26 Å². The average molecular weight is 214 g/mol. The molecule has 0 aliphatic heterocycles. The summed E-state index contributed by atoms with van der Waals surface area (Å²) < 4.78 is 4.94. The summed E-state index contributed by atoms with van der Waals surface area (Å²) in [7, 11) is 0. The van der Waals surface area contributed by atoms with Crippen LogP contribution in [0.25, 0.3) is 0 Å². The molecule has 2 rings (SSSR count). The van der Waals surface area contributed by atoms with Gasteiger partial charge >= 0.3 is 0 Å². The van der Waals surface area contributed by atoms with E-state index < -0.39 is 0 Å². The standard InChI is InChI=1S/C11H10N4O/c1-8-4-10(15-16-8)7-14-11-3-2-9(5-12)6-13-11/h2-4,6H,7H2,1H3,(H,13,14). The quantitative estimate of drug-likeness (QED) is 0.844. The smallest absolute Gasteiger partial charge is 0.133 e.